The molecule has 8 rings (SSSR count). The largest absolute Gasteiger partial charge is 0.496 e. The van der Waals surface area contributed by atoms with Crippen LogP contribution in [0.2, 0.25) is 20.1 Å². The third kappa shape index (κ3) is 9.55. The fourth-order valence-corrected chi connectivity index (χ4v) is 12.7. The summed E-state index contributed by atoms with van der Waals surface area (Å²) in [5.41, 5.74) is 4.99. The molecule has 2 fully saturated rings. The van der Waals surface area contributed by atoms with E-state index in [2.05, 4.69) is 28.9 Å². The Morgan fingerprint density at radius 2 is 1.07 bits per heavy atom. The van der Waals surface area contributed by atoms with Crippen molar-refractivity contribution in [2.24, 2.45) is 0 Å². The number of hydrogen-bond donors (Lipinski definition) is 0. The van der Waals surface area contributed by atoms with Crippen LogP contribution in [0.4, 0.5) is 10.3 Å². The van der Waals surface area contributed by atoms with E-state index in [1.165, 1.54) is 37.6 Å². The first kappa shape index (κ1) is 43.6. The minimum Gasteiger partial charge on any atom is -0.496 e. The third-order valence-corrected chi connectivity index (χ3v) is 17.3. The Hall–Kier alpha value is -3.48. The summed E-state index contributed by atoms with van der Waals surface area (Å²) >= 11 is 27.4. The predicted octanol–water partition coefficient (Wildman–Crippen LogP) is 9.57. The van der Waals surface area contributed by atoms with E-state index in [4.69, 9.17) is 61.1 Å². The number of aryl methyl sites for hydroxylation is 1. The zero-order valence-corrected chi connectivity index (χ0v) is 38.1. The van der Waals surface area contributed by atoms with Crippen LogP contribution in [0, 0.1) is 6.92 Å². The molecule has 0 unspecified atom stereocenters. The van der Waals surface area contributed by atoms with Crippen LogP contribution in [0.15, 0.2) is 105 Å². The van der Waals surface area contributed by atoms with Gasteiger partial charge >= 0.3 is 0 Å². The predicted molar refractivity (Wildman–Crippen MR) is 241 cm³/mol. The zero-order valence-electron chi connectivity index (χ0n) is 31.8. The first-order chi connectivity index (χ1) is 28.3. The van der Waals surface area contributed by atoms with E-state index >= 15 is 0 Å². The van der Waals surface area contributed by atoms with Gasteiger partial charge in [0.05, 0.1) is 38.6 Å². The van der Waals surface area contributed by atoms with Crippen molar-refractivity contribution in [2.75, 3.05) is 69.3 Å². The van der Waals surface area contributed by atoms with Crippen molar-refractivity contribution >= 4 is 99.4 Å². The normalized spacial score (nSPS) is 15.5. The van der Waals surface area contributed by atoms with Crippen molar-refractivity contribution in [3.63, 3.8) is 0 Å². The number of aromatic nitrogens is 2. The van der Waals surface area contributed by atoms with Crippen LogP contribution in [0.3, 0.4) is 0 Å². The van der Waals surface area contributed by atoms with Gasteiger partial charge in [0, 0.05) is 74.2 Å². The summed E-state index contributed by atoms with van der Waals surface area (Å²) in [6.07, 6.45) is 0. The molecule has 2 aliphatic rings. The number of sulfonamides is 2. The van der Waals surface area contributed by atoms with Gasteiger partial charge in [-0.3, -0.25) is 0 Å². The Bertz CT molecular complexity index is 2660. The second kappa shape index (κ2) is 18.6. The molecule has 6 aromatic rings. The molecule has 0 amide bonds. The van der Waals surface area contributed by atoms with Gasteiger partial charge in [0.1, 0.15) is 15.5 Å². The number of thiazole rings is 2. The van der Waals surface area contributed by atoms with Gasteiger partial charge < -0.3 is 14.5 Å². The molecule has 2 saturated heterocycles. The van der Waals surface area contributed by atoms with Crippen LogP contribution >= 0.6 is 69.1 Å². The van der Waals surface area contributed by atoms with Crippen LogP contribution < -0.4 is 14.5 Å². The van der Waals surface area contributed by atoms with Crippen LogP contribution in [-0.4, -0.2) is 94.9 Å². The molecule has 310 valence electrons. The number of anilines is 2. The quantitative estimate of drug-likeness (QED) is 0.140. The smallest absolute Gasteiger partial charge is 0.244 e. The molecule has 0 bridgehead atoms. The first-order valence-electron chi connectivity index (χ1n) is 18.3. The van der Waals surface area contributed by atoms with Gasteiger partial charge in [-0.1, -0.05) is 94.4 Å². The van der Waals surface area contributed by atoms with E-state index in [0.29, 0.717) is 52.4 Å². The molecule has 0 radical (unpaired) electrons. The number of benzene rings is 4. The maximum atomic E-state index is 13.0. The molecule has 4 heterocycles. The molecule has 0 N–H and O–H groups in total. The summed E-state index contributed by atoms with van der Waals surface area (Å²) in [4.78, 5) is 13.8. The van der Waals surface area contributed by atoms with Crippen molar-refractivity contribution < 1.29 is 21.6 Å². The summed E-state index contributed by atoms with van der Waals surface area (Å²) in [7, 11) is -5.76. The maximum Gasteiger partial charge on any atom is 0.244 e. The van der Waals surface area contributed by atoms with Gasteiger partial charge in [-0.05, 0) is 49.4 Å². The maximum absolute atomic E-state index is 13.0. The van der Waals surface area contributed by atoms with Gasteiger partial charge in [-0.25, -0.2) is 26.8 Å². The van der Waals surface area contributed by atoms with Crippen LogP contribution in [0.1, 0.15) is 5.56 Å². The molecular formula is C40H38Cl4N6O5S4. The number of para-hydroxylation sites is 1. The molecule has 2 aliphatic heterocycles. The fourth-order valence-electron chi connectivity index (χ4n) is 6.62. The molecule has 0 atom stereocenters. The Balaban J connectivity index is 0.000000179. The van der Waals surface area contributed by atoms with E-state index in [0.717, 1.165) is 38.5 Å². The number of rotatable bonds is 9. The Morgan fingerprint density at radius 3 is 1.58 bits per heavy atom. The first-order valence-corrected chi connectivity index (χ1v) is 24.4. The van der Waals surface area contributed by atoms with E-state index in [1.54, 1.807) is 42.7 Å². The van der Waals surface area contributed by atoms with Crippen LogP contribution in [0.25, 0.3) is 22.5 Å². The molecule has 0 saturated carbocycles. The van der Waals surface area contributed by atoms with Gasteiger partial charge in [-0.15, -0.1) is 22.7 Å². The summed E-state index contributed by atoms with van der Waals surface area (Å²) in [5.74, 6) is 0.767. The molecular weight excluding hydrogens is 915 g/mol. The Morgan fingerprint density at radius 1 is 0.593 bits per heavy atom. The molecule has 0 spiro atoms. The lowest BCUT2D eigenvalue weighted by Gasteiger charge is -2.34. The Kier molecular flexibility index (Phi) is 13.8. The number of ether oxygens (including phenoxy) is 1. The average molecular weight is 953 g/mol. The molecule has 59 heavy (non-hydrogen) atoms. The highest BCUT2D eigenvalue weighted by Gasteiger charge is 2.33. The van der Waals surface area contributed by atoms with Crippen molar-refractivity contribution in [1.29, 1.82) is 0 Å². The molecule has 2 aromatic heterocycles. The highest BCUT2D eigenvalue weighted by atomic mass is 35.5. The van der Waals surface area contributed by atoms with Gasteiger partial charge in [0.2, 0.25) is 20.0 Å². The lowest BCUT2D eigenvalue weighted by molar-refractivity contribution is 0.384. The lowest BCUT2D eigenvalue weighted by atomic mass is 10.1. The highest BCUT2D eigenvalue weighted by molar-refractivity contribution is 7.89. The third-order valence-electron chi connectivity index (χ3n) is 9.77. The topological polar surface area (TPSA) is 116 Å². The number of hydrogen-bond acceptors (Lipinski definition) is 11. The van der Waals surface area contributed by atoms with Crippen LogP contribution in [-0.2, 0) is 20.0 Å². The standard InChI is InChI=1S/C20H19Cl2N3O3S2.C20H19Cl2N3O2S2/c1-28-17-7-3-2-5-14(17)16-13-29-20(23-16)24-9-11-25(12-10-24)30(26,27)18-8-4-6-15(21)19(18)22;1-14-4-2-5-15(12-14)17-13-28-20(23-17)24-8-10-25(11-9-24)29(26,27)18-7-3-6-16(21)19(18)22/h2-8,13H,9-12H2,1H3;2-7,12-13H,8-11H2,1H3. The van der Waals surface area contributed by atoms with E-state index in [1.807, 2.05) is 47.2 Å². The minimum absolute atomic E-state index is 0.0397. The summed E-state index contributed by atoms with van der Waals surface area (Å²) in [6, 6.07) is 25.3. The van der Waals surface area contributed by atoms with Crippen molar-refractivity contribution in [3.8, 4) is 28.3 Å². The highest BCUT2D eigenvalue weighted by Crippen LogP contribution is 2.36. The molecule has 0 aliphatic carbocycles. The van der Waals surface area contributed by atoms with E-state index in [9.17, 15) is 16.8 Å². The number of methoxy groups -OCH3 is 1. The van der Waals surface area contributed by atoms with E-state index < -0.39 is 20.0 Å². The summed E-state index contributed by atoms with van der Waals surface area (Å²) in [5, 5.41) is 6.37. The number of piperazine rings is 2. The zero-order chi connectivity index (χ0) is 41.9. The summed E-state index contributed by atoms with van der Waals surface area (Å²) in [6.45, 7) is 5.68. The average Bonchev–Trinajstić information content (AvgIpc) is 3.95. The Labute approximate surface area is 372 Å². The number of halogens is 4. The second-order valence-corrected chi connectivity index (χ2v) is 20.5. The second-order valence-electron chi connectivity index (χ2n) is 13.5. The minimum atomic E-state index is -3.71. The summed E-state index contributed by atoms with van der Waals surface area (Å²) < 4.78 is 60.3. The molecule has 19 heteroatoms. The van der Waals surface area contributed by atoms with Crippen molar-refractivity contribution in [3.05, 3.63) is 121 Å². The van der Waals surface area contributed by atoms with Gasteiger partial charge in [0.15, 0.2) is 10.3 Å². The van der Waals surface area contributed by atoms with Crippen molar-refractivity contribution in [2.45, 2.75) is 16.7 Å². The lowest BCUT2D eigenvalue weighted by Crippen LogP contribution is -2.48. The van der Waals surface area contributed by atoms with Crippen molar-refractivity contribution in [1.82, 2.24) is 18.6 Å². The molecule has 4 aromatic carbocycles. The van der Waals surface area contributed by atoms with Crippen LogP contribution in [0.5, 0.6) is 5.75 Å². The van der Waals surface area contributed by atoms with E-state index in [-0.39, 0.29) is 29.9 Å². The fraction of sp³-hybridized carbons (Fsp3) is 0.250. The molecule has 11 nitrogen and oxygen atoms in total. The van der Waals surface area contributed by atoms with Gasteiger partial charge in [-0.2, -0.15) is 8.61 Å². The number of nitrogens with zero attached hydrogens (tertiary/aromatic N) is 6. The van der Waals surface area contributed by atoms with Gasteiger partial charge in [0.25, 0.3) is 0 Å². The SMILES string of the molecule is COc1ccccc1-c1csc(N2CCN(S(=O)(=O)c3cccc(Cl)c3Cl)CC2)n1.Cc1cccc(-c2csc(N3CCN(S(=O)(=O)c4cccc(Cl)c4Cl)CC3)n2)c1. The monoisotopic (exact) mass is 950 g/mol.